The van der Waals surface area contributed by atoms with Crippen LogP contribution in [0.15, 0.2) is 54.6 Å². The second-order valence-corrected chi connectivity index (χ2v) is 4.83. The van der Waals surface area contributed by atoms with Crippen LogP contribution < -0.4 is 5.32 Å². The number of rotatable bonds is 2. The van der Waals surface area contributed by atoms with Crippen LogP contribution in [0, 0.1) is 5.82 Å². The molecule has 0 radical (unpaired) electrons. The molecule has 0 saturated heterocycles. The molecule has 0 aliphatic heterocycles. The molecule has 2 aromatic carbocycles. The van der Waals surface area contributed by atoms with Gasteiger partial charge in [-0.25, -0.2) is 9.37 Å². The van der Waals surface area contributed by atoms with E-state index >= 15 is 0 Å². The fourth-order valence-corrected chi connectivity index (χ4v) is 2.29. The molecule has 3 rings (SSSR count). The molecule has 1 N–H and O–H groups in total. The normalized spacial score (nSPS) is 10.6. The molecule has 0 fully saturated rings. The molecule has 5 heteroatoms. The van der Waals surface area contributed by atoms with Gasteiger partial charge in [-0.3, -0.25) is 4.79 Å². The molecule has 0 unspecified atom stereocenters. The molecule has 1 amide bonds. The third-order valence-electron chi connectivity index (χ3n) is 3.07. The van der Waals surface area contributed by atoms with Crippen LogP contribution >= 0.6 is 11.6 Å². The van der Waals surface area contributed by atoms with Crippen LogP contribution in [0.5, 0.6) is 0 Å². The van der Waals surface area contributed by atoms with E-state index in [4.69, 9.17) is 11.6 Å². The first-order chi connectivity index (χ1) is 10.1. The Morgan fingerprint density at radius 2 is 1.76 bits per heavy atom. The Morgan fingerprint density at radius 1 is 1.00 bits per heavy atom. The van der Waals surface area contributed by atoms with Crippen LogP contribution in [-0.2, 0) is 0 Å². The summed E-state index contributed by atoms with van der Waals surface area (Å²) < 4.78 is 13.7. The molecule has 0 aliphatic carbocycles. The molecular formula is C16H10ClFN2O. The number of hydrogen-bond acceptors (Lipinski definition) is 2. The highest BCUT2D eigenvalue weighted by Crippen LogP contribution is 2.22. The van der Waals surface area contributed by atoms with Crippen molar-refractivity contribution in [2.24, 2.45) is 0 Å². The van der Waals surface area contributed by atoms with E-state index in [2.05, 4.69) is 10.3 Å². The summed E-state index contributed by atoms with van der Waals surface area (Å²) in [7, 11) is 0. The van der Waals surface area contributed by atoms with Crippen molar-refractivity contribution in [2.75, 3.05) is 5.32 Å². The summed E-state index contributed by atoms with van der Waals surface area (Å²) in [6.45, 7) is 0. The van der Waals surface area contributed by atoms with Gasteiger partial charge < -0.3 is 5.32 Å². The van der Waals surface area contributed by atoms with Crippen LogP contribution in [0.25, 0.3) is 10.8 Å². The lowest BCUT2D eigenvalue weighted by Crippen LogP contribution is -2.13. The molecule has 0 spiro atoms. The smallest absolute Gasteiger partial charge is 0.257 e. The number of carbonyl (C=O) groups is 1. The van der Waals surface area contributed by atoms with E-state index < -0.39 is 0 Å². The van der Waals surface area contributed by atoms with Crippen molar-refractivity contribution in [2.45, 2.75) is 0 Å². The third kappa shape index (κ3) is 2.71. The van der Waals surface area contributed by atoms with Crippen molar-refractivity contribution in [3.63, 3.8) is 0 Å². The largest absolute Gasteiger partial charge is 0.306 e. The standard InChI is InChI=1S/C16H10ClFN2O/c17-14-6-3-7-15(19-14)20-16(21)12-8-9-13(18)11-5-2-1-4-10(11)12/h1-9H,(H,19,20,21). The van der Waals surface area contributed by atoms with E-state index in [1.165, 1.54) is 12.1 Å². The van der Waals surface area contributed by atoms with Gasteiger partial charge in [-0.15, -0.1) is 0 Å². The number of carbonyl (C=O) groups excluding carboxylic acids is 1. The summed E-state index contributed by atoms with van der Waals surface area (Å²) in [6.07, 6.45) is 0. The third-order valence-corrected chi connectivity index (χ3v) is 3.28. The molecule has 0 aliphatic rings. The molecular weight excluding hydrogens is 291 g/mol. The summed E-state index contributed by atoms with van der Waals surface area (Å²) in [5.74, 6) is -0.370. The Morgan fingerprint density at radius 3 is 2.52 bits per heavy atom. The monoisotopic (exact) mass is 300 g/mol. The van der Waals surface area contributed by atoms with Crippen molar-refractivity contribution in [3.8, 4) is 0 Å². The summed E-state index contributed by atoms with van der Waals surface area (Å²) in [5, 5.41) is 3.90. The number of hydrogen-bond donors (Lipinski definition) is 1. The lowest BCUT2D eigenvalue weighted by molar-refractivity contribution is 0.102. The van der Waals surface area contributed by atoms with Gasteiger partial charge in [0.1, 0.15) is 16.8 Å². The number of benzene rings is 2. The van der Waals surface area contributed by atoms with E-state index in [0.29, 0.717) is 22.2 Å². The SMILES string of the molecule is O=C(Nc1cccc(Cl)n1)c1ccc(F)c2ccccc12. The minimum absolute atomic E-state index is 0.289. The van der Waals surface area contributed by atoms with Gasteiger partial charge in [0, 0.05) is 10.9 Å². The maximum absolute atomic E-state index is 13.7. The number of nitrogens with zero attached hydrogens (tertiary/aromatic N) is 1. The number of fused-ring (bicyclic) bond motifs is 1. The van der Waals surface area contributed by atoms with Crippen LogP contribution in [0.1, 0.15) is 10.4 Å². The fourth-order valence-electron chi connectivity index (χ4n) is 2.12. The Kier molecular flexibility index (Phi) is 3.54. The molecule has 0 atom stereocenters. The van der Waals surface area contributed by atoms with Gasteiger partial charge in [-0.1, -0.05) is 41.9 Å². The Hall–Kier alpha value is -2.46. The Balaban J connectivity index is 2.01. The second-order valence-electron chi connectivity index (χ2n) is 4.44. The van der Waals surface area contributed by atoms with Gasteiger partial charge in [-0.2, -0.15) is 0 Å². The maximum Gasteiger partial charge on any atom is 0.257 e. The highest BCUT2D eigenvalue weighted by atomic mass is 35.5. The van der Waals surface area contributed by atoms with Crippen LogP contribution in [-0.4, -0.2) is 10.9 Å². The zero-order valence-corrected chi connectivity index (χ0v) is 11.6. The molecule has 21 heavy (non-hydrogen) atoms. The van der Waals surface area contributed by atoms with Crippen LogP contribution in [0.4, 0.5) is 10.2 Å². The topological polar surface area (TPSA) is 42.0 Å². The minimum atomic E-state index is -0.360. The molecule has 1 aromatic heterocycles. The number of anilines is 1. The molecule has 0 bridgehead atoms. The summed E-state index contributed by atoms with van der Waals surface area (Å²) in [4.78, 5) is 16.3. The van der Waals surface area contributed by atoms with Crippen LogP contribution in [0.2, 0.25) is 5.15 Å². The van der Waals surface area contributed by atoms with Crippen molar-refractivity contribution >= 4 is 34.1 Å². The predicted octanol–water partition coefficient (Wildman–Crippen LogP) is 4.28. The first-order valence-electron chi connectivity index (χ1n) is 6.26. The van der Waals surface area contributed by atoms with Gasteiger partial charge in [-0.05, 0) is 29.7 Å². The summed E-state index contributed by atoms with van der Waals surface area (Å²) in [6, 6.07) is 14.5. The van der Waals surface area contributed by atoms with Gasteiger partial charge in [0.25, 0.3) is 5.91 Å². The fraction of sp³-hybridized carbons (Fsp3) is 0. The van der Waals surface area contributed by atoms with Crippen molar-refractivity contribution in [3.05, 3.63) is 71.1 Å². The quantitative estimate of drug-likeness (QED) is 0.718. The molecule has 0 saturated carbocycles. The van der Waals surface area contributed by atoms with Crippen molar-refractivity contribution in [1.82, 2.24) is 4.98 Å². The van der Waals surface area contributed by atoms with Gasteiger partial charge in [0.15, 0.2) is 0 Å². The maximum atomic E-state index is 13.7. The van der Waals surface area contributed by atoms with Gasteiger partial charge in [0.05, 0.1) is 0 Å². The molecule has 3 nitrogen and oxygen atoms in total. The van der Waals surface area contributed by atoms with E-state index in [0.717, 1.165) is 0 Å². The van der Waals surface area contributed by atoms with Gasteiger partial charge >= 0.3 is 0 Å². The highest BCUT2D eigenvalue weighted by molar-refractivity contribution is 6.29. The van der Waals surface area contributed by atoms with E-state index in [-0.39, 0.29) is 16.9 Å². The van der Waals surface area contributed by atoms with Gasteiger partial charge in [0.2, 0.25) is 0 Å². The van der Waals surface area contributed by atoms with E-state index in [9.17, 15) is 9.18 Å². The van der Waals surface area contributed by atoms with E-state index in [1.54, 1.807) is 42.5 Å². The van der Waals surface area contributed by atoms with E-state index in [1.807, 2.05) is 0 Å². The number of halogens is 2. The lowest BCUT2D eigenvalue weighted by atomic mass is 10.0. The first-order valence-corrected chi connectivity index (χ1v) is 6.64. The highest BCUT2D eigenvalue weighted by Gasteiger charge is 2.13. The second kappa shape index (κ2) is 5.50. The van der Waals surface area contributed by atoms with Crippen molar-refractivity contribution < 1.29 is 9.18 Å². The first kappa shape index (κ1) is 13.5. The number of aromatic nitrogens is 1. The zero-order valence-electron chi connectivity index (χ0n) is 10.8. The summed E-state index contributed by atoms with van der Waals surface area (Å²) in [5.41, 5.74) is 0.383. The number of amides is 1. The Labute approximate surface area is 125 Å². The molecule has 104 valence electrons. The molecule has 1 heterocycles. The predicted molar refractivity (Wildman–Crippen MR) is 81.1 cm³/mol. The lowest BCUT2D eigenvalue weighted by Gasteiger charge is -2.08. The number of pyridine rings is 1. The number of nitrogens with one attached hydrogen (secondary N) is 1. The average Bonchev–Trinajstić information content (AvgIpc) is 2.48. The van der Waals surface area contributed by atoms with Crippen LogP contribution in [0.3, 0.4) is 0 Å². The molecule has 3 aromatic rings. The zero-order chi connectivity index (χ0) is 14.8. The Bertz CT molecular complexity index is 835. The summed E-state index contributed by atoms with van der Waals surface area (Å²) >= 11 is 5.78. The van der Waals surface area contributed by atoms with Crippen molar-refractivity contribution in [1.29, 1.82) is 0 Å². The average molecular weight is 301 g/mol. The minimum Gasteiger partial charge on any atom is -0.306 e.